The molecule has 0 aliphatic rings. The van der Waals surface area contributed by atoms with Crippen molar-refractivity contribution in [2.45, 2.75) is 20.0 Å². The maximum atomic E-state index is 12.4. The van der Waals surface area contributed by atoms with Gasteiger partial charge < -0.3 is 14.8 Å². The Labute approximate surface area is 172 Å². The number of rotatable bonds is 7. The number of anilines is 1. The predicted octanol–water partition coefficient (Wildman–Crippen LogP) is 4.93. The third-order valence-electron chi connectivity index (χ3n) is 3.28. The number of hydrogen-bond acceptors (Lipinski definition) is 4. The molecule has 0 spiro atoms. The van der Waals surface area contributed by atoms with Crippen molar-refractivity contribution in [3.8, 4) is 11.5 Å². The van der Waals surface area contributed by atoms with Crippen molar-refractivity contribution < 1.29 is 14.3 Å². The molecular formula is C20H21BrN2O3S. The average Bonchev–Trinajstić information content (AvgIpc) is 2.62. The van der Waals surface area contributed by atoms with Gasteiger partial charge in [0.1, 0.15) is 18.1 Å². The monoisotopic (exact) mass is 448 g/mol. The summed E-state index contributed by atoms with van der Waals surface area (Å²) < 4.78 is 11.9. The molecule has 0 saturated heterocycles. The van der Waals surface area contributed by atoms with Crippen molar-refractivity contribution in [3.05, 3.63) is 65.2 Å². The number of hydrogen-bond donors (Lipinski definition) is 2. The first-order valence-corrected chi connectivity index (χ1v) is 9.52. The third kappa shape index (κ3) is 6.37. The zero-order valence-electron chi connectivity index (χ0n) is 15.1. The van der Waals surface area contributed by atoms with E-state index in [1.807, 2.05) is 32.0 Å². The van der Waals surface area contributed by atoms with E-state index in [0.29, 0.717) is 33.8 Å². The summed E-state index contributed by atoms with van der Waals surface area (Å²) >= 11 is 8.66. The summed E-state index contributed by atoms with van der Waals surface area (Å²) in [7, 11) is 0. The van der Waals surface area contributed by atoms with E-state index < -0.39 is 0 Å². The highest BCUT2D eigenvalue weighted by molar-refractivity contribution is 9.10. The Morgan fingerprint density at radius 2 is 2.00 bits per heavy atom. The average molecular weight is 449 g/mol. The first-order valence-electron chi connectivity index (χ1n) is 8.32. The maximum Gasteiger partial charge on any atom is 0.257 e. The van der Waals surface area contributed by atoms with Crippen molar-refractivity contribution in [2.24, 2.45) is 0 Å². The van der Waals surface area contributed by atoms with Crippen molar-refractivity contribution >= 4 is 44.9 Å². The molecule has 1 amide bonds. The second-order valence-electron chi connectivity index (χ2n) is 5.82. The van der Waals surface area contributed by atoms with Crippen LogP contribution in [0.25, 0.3) is 0 Å². The molecule has 7 heteroatoms. The van der Waals surface area contributed by atoms with Gasteiger partial charge in [0, 0.05) is 5.56 Å². The molecule has 0 bridgehead atoms. The van der Waals surface area contributed by atoms with Crippen molar-refractivity contribution in [1.82, 2.24) is 5.32 Å². The number of carbonyl (C=O) groups is 1. The molecule has 0 heterocycles. The number of nitrogens with one attached hydrogen (secondary N) is 2. The molecule has 0 radical (unpaired) electrons. The number of para-hydroxylation sites is 2. The molecule has 2 aromatic rings. The van der Waals surface area contributed by atoms with Crippen LogP contribution in [0.4, 0.5) is 5.69 Å². The minimum absolute atomic E-state index is 0.0427. The highest BCUT2D eigenvalue weighted by Crippen LogP contribution is 2.27. The van der Waals surface area contributed by atoms with Gasteiger partial charge in [0.2, 0.25) is 0 Å². The summed E-state index contributed by atoms with van der Waals surface area (Å²) in [4.78, 5) is 12.4. The number of halogens is 1. The largest absolute Gasteiger partial charge is 0.490 e. The van der Waals surface area contributed by atoms with E-state index in [-0.39, 0.29) is 17.1 Å². The molecular weight excluding hydrogens is 428 g/mol. The number of benzene rings is 2. The highest BCUT2D eigenvalue weighted by atomic mass is 79.9. The van der Waals surface area contributed by atoms with E-state index in [0.717, 1.165) is 0 Å². The summed E-state index contributed by atoms with van der Waals surface area (Å²) in [5, 5.41) is 5.81. The Bertz CT molecular complexity index is 840. The summed E-state index contributed by atoms with van der Waals surface area (Å²) in [5.74, 6) is 0.969. The molecule has 27 heavy (non-hydrogen) atoms. The topological polar surface area (TPSA) is 59.6 Å². The fourth-order valence-corrected chi connectivity index (χ4v) is 2.84. The molecule has 0 saturated carbocycles. The van der Waals surface area contributed by atoms with Gasteiger partial charge >= 0.3 is 0 Å². The zero-order valence-corrected chi connectivity index (χ0v) is 17.5. The first kappa shape index (κ1) is 20.9. The maximum absolute atomic E-state index is 12.4. The molecule has 2 N–H and O–H groups in total. The van der Waals surface area contributed by atoms with Crippen LogP contribution in [-0.2, 0) is 0 Å². The molecule has 0 aliphatic heterocycles. The van der Waals surface area contributed by atoms with Crippen LogP contribution in [0, 0.1) is 0 Å². The summed E-state index contributed by atoms with van der Waals surface area (Å²) in [6, 6.07) is 12.4. The minimum Gasteiger partial charge on any atom is -0.490 e. The molecule has 2 rings (SSSR count). The predicted molar refractivity (Wildman–Crippen MR) is 116 cm³/mol. The van der Waals surface area contributed by atoms with Crippen LogP contribution in [0.1, 0.15) is 24.2 Å². The van der Waals surface area contributed by atoms with E-state index in [2.05, 4.69) is 33.1 Å². The van der Waals surface area contributed by atoms with Gasteiger partial charge in [0.25, 0.3) is 5.91 Å². The van der Waals surface area contributed by atoms with Crippen LogP contribution in [0.2, 0.25) is 0 Å². The molecule has 0 unspecified atom stereocenters. The van der Waals surface area contributed by atoms with Crippen LogP contribution in [0.5, 0.6) is 11.5 Å². The van der Waals surface area contributed by atoms with Gasteiger partial charge in [-0.1, -0.05) is 24.8 Å². The number of ether oxygens (including phenoxy) is 2. The fourth-order valence-electron chi connectivity index (χ4n) is 2.16. The van der Waals surface area contributed by atoms with Gasteiger partial charge in [-0.05, 0) is 72.3 Å². The lowest BCUT2D eigenvalue weighted by Crippen LogP contribution is -2.34. The normalized spacial score (nSPS) is 10.2. The lowest BCUT2D eigenvalue weighted by molar-refractivity contribution is 0.0977. The lowest BCUT2D eigenvalue weighted by Gasteiger charge is -2.14. The summed E-state index contributed by atoms with van der Waals surface area (Å²) in [5.41, 5.74) is 1.12. The van der Waals surface area contributed by atoms with Crippen LogP contribution in [0.3, 0.4) is 0 Å². The zero-order chi connectivity index (χ0) is 19.8. The van der Waals surface area contributed by atoms with E-state index in [4.69, 9.17) is 21.7 Å². The van der Waals surface area contributed by atoms with Crippen LogP contribution in [0.15, 0.2) is 59.6 Å². The summed E-state index contributed by atoms with van der Waals surface area (Å²) in [6.45, 7) is 7.88. The third-order valence-corrected chi connectivity index (χ3v) is 4.10. The van der Waals surface area contributed by atoms with Gasteiger partial charge in [-0.15, -0.1) is 0 Å². The Morgan fingerprint density at radius 1 is 1.26 bits per heavy atom. The van der Waals surface area contributed by atoms with Gasteiger partial charge in [-0.25, -0.2) is 0 Å². The van der Waals surface area contributed by atoms with Crippen LogP contribution < -0.4 is 20.1 Å². The van der Waals surface area contributed by atoms with Crippen LogP contribution >= 0.6 is 28.1 Å². The Kier molecular flexibility index (Phi) is 7.82. The first-order chi connectivity index (χ1) is 12.9. The van der Waals surface area contributed by atoms with Crippen LogP contribution in [-0.4, -0.2) is 23.7 Å². The fraction of sp³-hybridized carbons (Fsp3) is 0.200. The smallest absolute Gasteiger partial charge is 0.257 e. The quantitative estimate of drug-likeness (QED) is 0.464. The Hall–Kier alpha value is -2.38. The SMILES string of the molecule is C=CCOc1ccccc1NC(=S)NC(=O)c1ccc(OC(C)C)c(Br)c1. The highest BCUT2D eigenvalue weighted by Gasteiger charge is 2.12. The number of thiocarbonyl (C=S) groups is 1. The molecule has 0 aromatic heterocycles. The number of amides is 1. The van der Waals surface area contributed by atoms with Gasteiger partial charge in [0.05, 0.1) is 16.3 Å². The minimum atomic E-state index is -0.325. The standard InChI is InChI=1S/C20H21BrN2O3S/c1-4-11-25-18-8-6-5-7-16(18)22-20(27)23-19(24)14-9-10-17(15(21)12-14)26-13(2)3/h4-10,12-13H,1,11H2,2-3H3,(H2,22,23,24,27). The second-order valence-corrected chi connectivity index (χ2v) is 7.08. The van der Waals surface area contributed by atoms with Crippen molar-refractivity contribution in [3.63, 3.8) is 0 Å². The molecule has 2 aromatic carbocycles. The molecule has 5 nitrogen and oxygen atoms in total. The van der Waals surface area contributed by atoms with E-state index in [9.17, 15) is 4.79 Å². The second kappa shape index (κ2) is 10.1. The summed E-state index contributed by atoms with van der Waals surface area (Å²) in [6.07, 6.45) is 1.70. The van der Waals surface area contributed by atoms with Crippen molar-refractivity contribution in [1.29, 1.82) is 0 Å². The lowest BCUT2D eigenvalue weighted by atomic mass is 10.2. The molecule has 0 aliphatic carbocycles. The van der Waals surface area contributed by atoms with E-state index >= 15 is 0 Å². The van der Waals surface area contributed by atoms with E-state index in [1.54, 1.807) is 30.3 Å². The van der Waals surface area contributed by atoms with Gasteiger partial charge in [0.15, 0.2) is 5.11 Å². The van der Waals surface area contributed by atoms with Gasteiger partial charge in [-0.2, -0.15) is 0 Å². The molecule has 0 fully saturated rings. The van der Waals surface area contributed by atoms with E-state index in [1.165, 1.54) is 0 Å². The van der Waals surface area contributed by atoms with Crippen molar-refractivity contribution in [2.75, 3.05) is 11.9 Å². The Morgan fingerprint density at radius 3 is 2.67 bits per heavy atom. The molecule has 0 atom stereocenters. The number of carbonyl (C=O) groups excluding carboxylic acids is 1. The molecule has 142 valence electrons. The Balaban J connectivity index is 2.03. The van der Waals surface area contributed by atoms with Gasteiger partial charge in [-0.3, -0.25) is 10.1 Å².